The zero-order valence-corrected chi connectivity index (χ0v) is 15.8. The number of benzene rings is 2. The van der Waals surface area contributed by atoms with Crippen LogP contribution in [0, 0.1) is 4.91 Å². The number of nitrogens with zero attached hydrogens (tertiary/aromatic N) is 4. The topological polar surface area (TPSA) is 68.1 Å². The predicted octanol–water partition coefficient (Wildman–Crippen LogP) is 5.57. The van der Waals surface area contributed by atoms with E-state index in [1.165, 1.54) is 6.33 Å². The quantitative estimate of drug-likeness (QED) is 0.393. The molecule has 5 nitrogen and oxygen atoms in total. The van der Waals surface area contributed by atoms with Crippen molar-refractivity contribution in [2.24, 2.45) is 5.18 Å². The fourth-order valence-electron chi connectivity index (χ4n) is 3.55. The first-order valence-corrected chi connectivity index (χ1v) is 9.48. The molecule has 4 aromatic rings. The fourth-order valence-corrected chi connectivity index (χ4v) is 3.55. The molecule has 2 unspecified atom stereocenters. The van der Waals surface area contributed by atoms with Crippen LogP contribution in [-0.4, -0.2) is 15.0 Å². The molecule has 0 aliphatic heterocycles. The van der Waals surface area contributed by atoms with Gasteiger partial charge in [0.05, 0.1) is 0 Å². The summed E-state index contributed by atoms with van der Waals surface area (Å²) in [4.78, 5) is 23.9. The molecular weight excluding hydrogens is 360 g/mol. The highest BCUT2D eigenvalue weighted by Crippen LogP contribution is 2.36. The Kier molecular flexibility index (Phi) is 5.76. The number of nitroso groups, excluding NO2 is 1. The zero-order chi connectivity index (χ0) is 19.9. The van der Waals surface area contributed by atoms with E-state index in [-0.39, 0.29) is 5.92 Å². The Balaban J connectivity index is 1.67. The van der Waals surface area contributed by atoms with E-state index >= 15 is 0 Å². The second-order valence-corrected chi connectivity index (χ2v) is 6.85. The molecule has 0 aliphatic rings. The Labute approximate surface area is 169 Å². The van der Waals surface area contributed by atoms with Gasteiger partial charge in [-0.2, -0.15) is 4.91 Å². The molecule has 2 aromatic heterocycles. The smallest absolute Gasteiger partial charge is 0.118 e. The van der Waals surface area contributed by atoms with E-state index in [2.05, 4.69) is 56.5 Å². The van der Waals surface area contributed by atoms with E-state index in [1.54, 1.807) is 24.8 Å². The average Bonchev–Trinajstić information content (AvgIpc) is 2.82. The maximum absolute atomic E-state index is 11.7. The van der Waals surface area contributed by atoms with Gasteiger partial charge in [-0.3, -0.25) is 4.98 Å². The minimum Gasteiger partial charge on any atom is -0.265 e. The maximum atomic E-state index is 11.7. The van der Waals surface area contributed by atoms with Gasteiger partial charge < -0.3 is 0 Å². The molecule has 0 saturated carbocycles. The monoisotopic (exact) mass is 380 g/mol. The van der Waals surface area contributed by atoms with Crippen LogP contribution in [0.4, 0.5) is 0 Å². The molecule has 0 N–H and O–H groups in total. The molecule has 0 spiro atoms. The number of pyridine rings is 1. The SMILES string of the molecule is O=NC(CC(c1ccccc1)c1ccc(-c2cncnc2)cc1)c1ccncc1. The molecule has 142 valence electrons. The van der Waals surface area contributed by atoms with Crippen molar-refractivity contribution in [3.05, 3.63) is 119 Å². The largest absolute Gasteiger partial charge is 0.265 e. The molecular formula is C24H20N4O. The van der Waals surface area contributed by atoms with Gasteiger partial charge in [-0.05, 0) is 40.8 Å². The highest BCUT2D eigenvalue weighted by Gasteiger charge is 2.22. The van der Waals surface area contributed by atoms with Gasteiger partial charge in [0.2, 0.25) is 0 Å². The van der Waals surface area contributed by atoms with Crippen molar-refractivity contribution in [3.63, 3.8) is 0 Å². The molecule has 0 amide bonds. The van der Waals surface area contributed by atoms with Gasteiger partial charge >= 0.3 is 0 Å². The Bertz CT molecular complexity index is 1040. The normalized spacial score (nSPS) is 12.8. The Morgan fingerprint density at radius 3 is 2.00 bits per heavy atom. The minimum atomic E-state index is -0.439. The molecule has 0 fully saturated rings. The van der Waals surface area contributed by atoms with Gasteiger partial charge in [0.25, 0.3) is 0 Å². The van der Waals surface area contributed by atoms with E-state index < -0.39 is 6.04 Å². The molecule has 5 heteroatoms. The zero-order valence-electron chi connectivity index (χ0n) is 15.8. The summed E-state index contributed by atoms with van der Waals surface area (Å²) >= 11 is 0. The molecule has 0 aliphatic carbocycles. The predicted molar refractivity (Wildman–Crippen MR) is 113 cm³/mol. The van der Waals surface area contributed by atoms with E-state index in [1.807, 2.05) is 30.3 Å². The summed E-state index contributed by atoms with van der Waals surface area (Å²) in [6, 6.07) is 21.8. The Hall–Kier alpha value is -3.73. The average molecular weight is 380 g/mol. The van der Waals surface area contributed by atoms with Crippen molar-refractivity contribution in [1.29, 1.82) is 0 Å². The van der Waals surface area contributed by atoms with Crippen LogP contribution in [0.1, 0.15) is 35.1 Å². The van der Waals surface area contributed by atoms with E-state index in [9.17, 15) is 4.91 Å². The molecule has 0 radical (unpaired) electrons. The van der Waals surface area contributed by atoms with Crippen LogP contribution in [0.25, 0.3) is 11.1 Å². The van der Waals surface area contributed by atoms with Crippen molar-refractivity contribution in [2.45, 2.75) is 18.4 Å². The van der Waals surface area contributed by atoms with Crippen LogP contribution >= 0.6 is 0 Å². The van der Waals surface area contributed by atoms with Crippen molar-refractivity contribution in [2.75, 3.05) is 0 Å². The molecule has 2 atom stereocenters. The van der Waals surface area contributed by atoms with Gasteiger partial charge in [-0.1, -0.05) is 59.8 Å². The van der Waals surface area contributed by atoms with Crippen molar-refractivity contribution >= 4 is 0 Å². The third-order valence-corrected chi connectivity index (χ3v) is 5.09. The lowest BCUT2D eigenvalue weighted by Crippen LogP contribution is -2.07. The third kappa shape index (κ3) is 4.41. The standard InChI is InChI=1S/C24H20N4O/c29-28-24(21-10-12-25-13-11-21)14-23(19-4-2-1-3-5-19)20-8-6-18(7-9-20)22-15-26-17-27-16-22/h1-13,15-17,23-24H,14H2. The molecule has 0 bridgehead atoms. The van der Waals surface area contributed by atoms with Crippen molar-refractivity contribution in [1.82, 2.24) is 15.0 Å². The third-order valence-electron chi connectivity index (χ3n) is 5.09. The molecule has 2 heterocycles. The number of aromatic nitrogens is 3. The van der Waals surface area contributed by atoms with Gasteiger partial charge in [-0.25, -0.2) is 9.97 Å². The van der Waals surface area contributed by atoms with E-state index in [0.29, 0.717) is 6.42 Å². The molecule has 0 saturated heterocycles. The van der Waals surface area contributed by atoms with Gasteiger partial charge in [0.1, 0.15) is 12.4 Å². The summed E-state index contributed by atoms with van der Waals surface area (Å²) in [6.07, 6.45) is 9.10. The first-order chi connectivity index (χ1) is 14.3. The lowest BCUT2D eigenvalue weighted by atomic mass is 9.84. The van der Waals surface area contributed by atoms with E-state index in [0.717, 1.165) is 27.8 Å². The minimum absolute atomic E-state index is 0.0492. The summed E-state index contributed by atoms with van der Waals surface area (Å²) in [5.74, 6) is 0.0492. The summed E-state index contributed by atoms with van der Waals surface area (Å²) in [6.45, 7) is 0. The summed E-state index contributed by atoms with van der Waals surface area (Å²) < 4.78 is 0. The van der Waals surface area contributed by atoms with Crippen LogP contribution in [0.5, 0.6) is 0 Å². The summed E-state index contributed by atoms with van der Waals surface area (Å²) in [5, 5.41) is 3.42. The number of hydrogen-bond donors (Lipinski definition) is 0. The Morgan fingerprint density at radius 1 is 0.690 bits per heavy atom. The Morgan fingerprint density at radius 2 is 1.34 bits per heavy atom. The number of rotatable bonds is 7. The summed E-state index contributed by atoms with van der Waals surface area (Å²) in [5.41, 5.74) is 5.21. The fraction of sp³-hybridized carbons (Fsp3) is 0.125. The maximum Gasteiger partial charge on any atom is 0.118 e. The highest BCUT2D eigenvalue weighted by atomic mass is 16.3. The van der Waals surface area contributed by atoms with Crippen LogP contribution < -0.4 is 0 Å². The second-order valence-electron chi connectivity index (χ2n) is 6.85. The van der Waals surface area contributed by atoms with Gasteiger partial charge in [0.15, 0.2) is 0 Å². The van der Waals surface area contributed by atoms with Crippen molar-refractivity contribution in [3.8, 4) is 11.1 Å². The second kappa shape index (κ2) is 8.97. The summed E-state index contributed by atoms with van der Waals surface area (Å²) in [7, 11) is 0. The van der Waals surface area contributed by atoms with Gasteiger partial charge in [0, 0.05) is 36.3 Å². The molecule has 2 aromatic carbocycles. The lowest BCUT2D eigenvalue weighted by molar-refractivity contribution is 0.594. The first-order valence-electron chi connectivity index (χ1n) is 9.48. The number of hydrogen-bond acceptors (Lipinski definition) is 5. The van der Waals surface area contributed by atoms with Crippen LogP contribution in [0.15, 0.2) is 103 Å². The molecule has 4 rings (SSSR count). The van der Waals surface area contributed by atoms with E-state index in [4.69, 9.17) is 0 Å². The molecule has 29 heavy (non-hydrogen) atoms. The van der Waals surface area contributed by atoms with Crippen molar-refractivity contribution < 1.29 is 0 Å². The lowest BCUT2D eigenvalue weighted by Gasteiger charge is -2.21. The van der Waals surface area contributed by atoms with Crippen LogP contribution in [0.2, 0.25) is 0 Å². The van der Waals surface area contributed by atoms with Crippen LogP contribution in [0.3, 0.4) is 0 Å². The van der Waals surface area contributed by atoms with Crippen LogP contribution in [-0.2, 0) is 0 Å². The highest BCUT2D eigenvalue weighted by molar-refractivity contribution is 5.61. The first kappa shape index (κ1) is 18.6. The van der Waals surface area contributed by atoms with Gasteiger partial charge in [-0.15, -0.1) is 0 Å².